The number of hydrogen-bond donors (Lipinski definition) is 2. The van der Waals surface area contributed by atoms with Gasteiger partial charge in [0.05, 0.1) is 25.1 Å². The highest BCUT2D eigenvalue weighted by Crippen LogP contribution is 2.19. The van der Waals surface area contributed by atoms with E-state index in [9.17, 15) is 4.79 Å². The first-order chi connectivity index (χ1) is 14.6. The number of benzene rings is 1. The monoisotopic (exact) mass is 424 g/mol. The standard InChI is InChI=1S/C21H24N6O2S/c1-15-3-2-4-16(13-15)20-24-25-21(30)27(20)8-7-19(28)23-17-5-6-18(22-14-17)26-9-11-29-12-10-26/h2-6,13-14H,7-12H2,1H3,(H,23,28)(H,25,30). The Morgan fingerprint density at radius 3 is 2.83 bits per heavy atom. The van der Waals surface area contributed by atoms with E-state index in [0.29, 0.717) is 30.2 Å². The Kier molecular flexibility index (Phi) is 6.20. The number of ether oxygens (including phenoxy) is 1. The number of anilines is 2. The van der Waals surface area contributed by atoms with E-state index in [1.54, 1.807) is 6.20 Å². The molecule has 1 saturated heterocycles. The molecule has 3 aromatic rings. The van der Waals surface area contributed by atoms with Crippen molar-refractivity contribution in [2.24, 2.45) is 0 Å². The van der Waals surface area contributed by atoms with Crippen LogP contribution in [0.1, 0.15) is 12.0 Å². The van der Waals surface area contributed by atoms with Gasteiger partial charge in [0.2, 0.25) is 5.91 Å². The Labute approximate surface area is 179 Å². The number of amides is 1. The summed E-state index contributed by atoms with van der Waals surface area (Å²) < 4.78 is 7.71. The van der Waals surface area contributed by atoms with Gasteiger partial charge >= 0.3 is 0 Å². The van der Waals surface area contributed by atoms with Gasteiger partial charge in [0.25, 0.3) is 0 Å². The summed E-state index contributed by atoms with van der Waals surface area (Å²) >= 11 is 5.35. The number of carbonyl (C=O) groups is 1. The Balaban J connectivity index is 1.37. The molecule has 0 atom stereocenters. The van der Waals surface area contributed by atoms with E-state index in [0.717, 1.165) is 35.9 Å². The molecule has 0 saturated carbocycles. The molecule has 4 rings (SSSR count). The lowest BCUT2D eigenvalue weighted by Gasteiger charge is -2.27. The maximum Gasteiger partial charge on any atom is 0.226 e. The number of H-pyrrole nitrogens is 1. The molecule has 0 aliphatic carbocycles. The van der Waals surface area contributed by atoms with Crippen molar-refractivity contribution in [1.82, 2.24) is 19.7 Å². The third-order valence-electron chi connectivity index (χ3n) is 4.96. The molecular formula is C21H24N6O2S. The van der Waals surface area contributed by atoms with Crippen LogP contribution in [0, 0.1) is 11.7 Å². The normalized spacial score (nSPS) is 14.0. The zero-order chi connectivity index (χ0) is 20.9. The largest absolute Gasteiger partial charge is 0.378 e. The smallest absolute Gasteiger partial charge is 0.226 e. The Morgan fingerprint density at radius 2 is 2.10 bits per heavy atom. The first kappa shape index (κ1) is 20.2. The van der Waals surface area contributed by atoms with Crippen LogP contribution in [-0.4, -0.2) is 52.0 Å². The van der Waals surface area contributed by atoms with Crippen LogP contribution in [0.25, 0.3) is 11.4 Å². The number of pyridine rings is 1. The maximum absolute atomic E-state index is 12.5. The van der Waals surface area contributed by atoms with Crippen LogP contribution in [0.4, 0.5) is 11.5 Å². The summed E-state index contributed by atoms with van der Waals surface area (Å²) in [4.78, 5) is 19.1. The molecule has 2 aromatic heterocycles. The quantitative estimate of drug-likeness (QED) is 0.591. The molecule has 0 radical (unpaired) electrons. The second-order valence-corrected chi connectivity index (χ2v) is 7.56. The summed E-state index contributed by atoms with van der Waals surface area (Å²) in [6, 6.07) is 11.8. The molecule has 1 amide bonds. The number of hydrogen-bond acceptors (Lipinski definition) is 6. The van der Waals surface area contributed by atoms with Crippen molar-refractivity contribution in [2.75, 3.05) is 36.5 Å². The number of carbonyl (C=O) groups excluding carboxylic acids is 1. The fourth-order valence-corrected chi connectivity index (χ4v) is 3.63. The predicted octanol–water partition coefficient (Wildman–Crippen LogP) is 3.18. The maximum atomic E-state index is 12.5. The highest BCUT2D eigenvalue weighted by Gasteiger charge is 2.13. The van der Waals surface area contributed by atoms with Crippen molar-refractivity contribution in [3.05, 3.63) is 52.9 Å². The summed E-state index contributed by atoms with van der Waals surface area (Å²) in [7, 11) is 0. The molecule has 1 aromatic carbocycles. The molecule has 1 aliphatic heterocycles. The average molecular weight is 425 g/mol. The molecule has 8 nitrogen and oxygen atoms in total. The topological polar surface area (TPSA) is 88.1 Å². The molecule has 1 fully saturated rings. The molecule has 0 spiro atoms. The predicted molar refractivity (Wildman–Crippen MR) is 118 cm³/mol. The van der Waals surface area contributed by atoms with Gasteiger partial charge in [-0.2, -0.15) is 5.10 Å². The van der Waals surface area contributed by atoms with Gasteiger partial charge in [-0.15, -0.1) is 0 Å². The number of rotatable bonds is 6. The third-order valence-corrected chi connectivity index (χ3v) is 5.28. The zero-order valence-corrected chi connectivity index (χ0v) is 17.6. The van der Waals surface area contributed by atoms with Crippen LogP contribution in [-0.2, 0) is 16.1 Å². The summed E-state index contributed by atoms with van der Waals surface area (Å²) in [6.07, 6.45) is 1.96. The molecule has 2 N–H and O–H groups in total. The zero-order valence-electron chi connectivity index (χ0n) is 16.8. The van der Waals surface area contributed by atoms with E-state index >= 15 is 0 Å². The molecule has 0 bridgehead atoms. The van der Waals surface area contributed by atoms with E-state index in [-0.39, 0.29) is 12.3 Å². The van der Waals surface area contributed by atoms with Crippen molar-refractivity contribution in [1.29, 1.82) is 0 Å². The van der Waals surface area contributed by atoms with Crippen molar-refractivity contribution >= 4 is 29.6 Å². The van der Waals surface area contributed by atoms with Crippen LogP contribution < -0.4 is 10.2 Å². The minimum Gasteiger partial charge on any atom is -0.378 e. The number of nitrogens with zero attached hydrogens (tertiary/aromatic N) is 4. The van der Waals surface area contributed by atoms with Crippen molar-refractivity contribution < 1.29 is 9.53 Å². The van der Waals surface area contributed by atoms with E-state index in [2.05, 4.69) is 25.4 Å². The van der Waals surface area contributed by atoms with E-state index < -0.39 is 0 Å². The van der Waals surface area contributed by atoms with Gasteiger partial charge in [-0.3, -0.25) is 14.5 Å². The van der Waals surface area contributed by atoms with E-state index in [1.165, 1.54) is 0 Å². The van der Waals surface area contributed by atoms with Crippen LogP contribution in [0.3, 0.4) is 0 Å². The third kappa shape index (κ3) is 4.74. The average Bonchev–Trinajstić information content (AvgIpc) is 3.14. The van der Waals surface area contributed by atoms with Gasteiger partial charge in [0, 0.05) is 31.6 Å². The second kappa shape index (κ2) is 9.19. The van der Waals surface area contributed by atoms with Gasteiger partial charge in [-0.25, -0.2) is 4.98 Å². The van der Waals surface area contributed by atoms with Crippen molar-refractivity contribution in [3.8, 4) is 11.4 Å². The summed E-state index contributed by atoms with van der Waals surface area (Å²) in [6.45, 7) is 5.54. The number of aromatic nitrogens is 4. The Bertz CT molecular complexity index is 1070. The number of morpholine rings is 1. The fraction of sp³-hybridized carbons (Fsp3) is 0.333. The van der Waals surface area contributed by atoms with Gasteiger partial charge in [0.15, 0.2) is 10.6 Å². The number of aryl methyl sites for hydroxylation is 1. The second-order valence-electron chi connectivity index (χ2n) is 7.18. The Hall–Kier alpha value is -3.04. The minimum atomic E-state index is -0.103. The van der Waals surface area contributed by atoms with Crippen LogP contribution in [0.5, 0.6) is 0 Å². The van der Waals surface area contributed by atoms with Gasteiger partial charge in [0.1, 0.15) is 5.82 Å². The molecule has 9 heteroatoms. The first-order valence-corrected chi connectivity index (χ1v) is 10.3. The number of nitrogens with one attached hydrogen (secondary N) is 2. The SMILES string of the molecule is Cc1cccc(-c2n[nH]c(=S)n2CCC(=O)Nc2ccc(N3CCOCC3)nc2)c1. The first-order valence-electron chi connectivity index (χ1n) is 9.91. The van der Waals surface area contributed by atoms with Gasteiger partial charge < -0.3 is 15.0 Å². The fourth-order valence-electron chi connectivity index (χ4n) is 3.41. The van der Waals surface area contributed by atoms with Crippen molar-refractivity contribution in [3.63, 3.8) is 0 Å². The highest BCUT2D eigenvalue weighted by atomic mass is 32.1. The summed E-state index contributed by atoms with van der Waals surface area (Å²) in [5.41, 5.74) is 2.77. The summed E-state index contributed by atoms with van der Waals surface area (Å²) in [5, 5.41) is 10.1. The Morgan fingerprint density at radius 1 is 1.27 bits per heavy atom. The van der Waals surface area contributed by atoms with Crippen LogP contribution in [0.2, 0.25) is 0 Å². The van der Waals surface area contributed by atoms with E-state index in [1.807, 2.05) is 47.9 Å². The molecular weight excluding hydrogens is 400 g/mol. The van der Waals surface area contributed by atoms with Gasteiger partial charge in [-0.05, 0) is 37.3 Å². The molecule has 3 heterocycles. The number of aromatic amines is 1. The molecule has 30 heavy (non-hydrogen) atoms. The minimum absolute atomic E-state index is 0.103. The van der Waals surface area contributed by atoms with E-state index in [4.69, 9.17) is 17.0 Å². The lowest BCUT2D eigenvalue weighted by atomic mass is 10.1. The van der Waals surface area contributed by atoms with Crippen LogP contribution >= 0.6 is 12.2 Å². The van der Waals surface area contributed by atoms with Gasteiger partial charge in [-0.1, -0.05) is 23.8 Å². The molecule has 1 aliphatic rings. The summed E-state index contributed by atoms with van der Waals surface area (Å²) in [5.74, 6) is 1.52. The lowest BCUT2D eigenvalue weighted by Crippen LogP contribution is -2.36. The molecule has 156 valence electrons. The lowest BCUT2D eigenvalue weighted by molar-refractivity contribution is -0.116. The molecule has 0 unspecified atom stereocenters. The highest BCUT2D eigenvalue weighted by molar-refractivity contribution is 7.71. The van der Waals surface area contributed by atoms with Crippen molar-refractivity contribution in [2.45, 2.75) is 19.9 Å². The van der Waals surface area contributed by atoms with Crippen LogP contribution in [0.15, 0.2) is 42.6 Å².